The number of hydrogen-bond acceptors (Lipinski definition) is 5. The van der Waals surface area contributed by atoms with Crippen molar-refractivity contribution in [3.05, 3.63) is 57.6 Å². The topological polar surface area (TPSA) is 68.2 Å². The number of cyclic esters (lactones) is 1. The minimum Gasteiger partial charge on any atom is -0.462 e. The number of carbonyl (C=O) groups excluding carboxylic acids is 2. The van der Waals surface area contributed by atoms with Crippen LogP contribution in [0.4, 0.5) is 0 Å². The molecule has 0 spiro atoms. The second-order valence-electron chi connectivity index (χ2n) is 9.12. The van der Waals surface area contributed by atoms with Gasteiger partial charge >= 0.3 is 5.97 Å². The zero-order valence-corrected chi connectivity index (χ0v) is 21.2. The summed E-state index contributed by atoms with van der Waals surface area (Å²) in [6.45, 7) is 7.67. The van der Waals surface area contributed by atoms with Crippen LogP contribution < -0.4 is 0 Å². The van der Waals surface area contributed by atoms with Crippen molar-refractivity contribution < 1.29 is 19.2 Å². The second kappa shape index (κ2) is 12.7. The second-order valence-corrected chi connectivity index (χ2v) is 9.50. The highest BCUT2D eigenvalue weighted by Gasteiger charge is 2.22. The van der Waals surface area contributed by atoms with Gasteiger partial charge in [-0.25, -0.2) is 4.79 Å². The van der Waals surface area contributed by atoms with E-state index in [9.17, 15) is 9.59 Å². The van der Waals surface area contributed by atoms with Crippen molar-refractivity contribution in [2.24, 2.45) is 11.1 Å². The van der Waals surface area contributed by atoms with Crippen LogP contribution in [0.3, 0.4) is 0 Å². The first-order valence-corrected chi connectivity index (χ1v) is 12.5. The molecule has 0 aliphatic carbocycles. The van der Waals surface area contributed by atoms with E-state index in [1.165, 1.54) is 0 Å². The van der Waals surface area contributed by atoms with Crippen LogP contribution in [0.5, 0.6) is 0 Å². The molecule has 2 aliphatic rings. The first kappa shape index (κ1) is 26.0. The van der Waals surface area contributed by atoms with Gasteiger partial charge in [-0.15, -0.1) is 0 Å². The van der Waals surface area contributed by atoms with Crippen LogP contribution in [-0.2, 0) is 20.8 Å². The van der Waals surface area contributed by atoms with Crippen LogP contribution in [0.2, 0.25) is 5.02 Å². The van der Waals surface area contributed by atoms with Crippen molar-refractivity contribution in [2.45, 2.75) is 59.3 Å². The van der Waals surface area contributed by atoms with Gasteiger partial charge in [0.2, 0.25) is 0 Å². The zero-order chi connectivity index (χ0) is 24.5. The van der Waals surface area contributed by atoms with Gasteiger partial charge in [0, 0.05) is 24.5 Å². The van der Waals surface area contributed by atoms with Gasteiger partial charge in [0.25, 0.3) is 5.91 Å². The largest absolute Gasteiger partial charge is 0.462 e. The Balaban J connectivity index is 1.88. The van der Waals surface area contributed by atoms with Gasteiger partial charge in [0.05, 0.1) is 17.9 Å². The van der Waals surface area contributed by atoms with Crippen LogP contribution >= 0.6 is 11.6 Å². The Hall–Kier alpha value is -2.60. The van der Waals surface area contributed by atoms with E-state index < -0.39 is 5.97 Å². The fourth-order valence-corrected chi connectivity index (χ4v) is 4.54. The summed E-state index contributed by atoms with van der Waals surface area (Å²) in [5, 5.41) is 4.81. The minimum absolute atomic E-state index is 0.0543. The number of rotatable bonds is 3. The highest BCUT2D eigenvalue weighted by molar-refractivity contribution is 6.33. The summed E-state index contributed by atoms with van der Waals surface area (Å²) < 4.78 is 5.55. The molecular weight excluding hydrogens is 452 g/mol. The number of ether oxygens (including phenoxy) is 1. The van der Waals surface area contributed by atoms with Crippen LogP contribution in [0.15, 0.2) is 35.5 Å². The number of oxime groups is 1. The predicted molar refractivity (Wildman–Crippen MR) is 135 cm³/mol. The Bertz CT molecular complexity index is 977. The van der Waals surface area contributed by atoms with Crippen LogP contribution in [-0.4, -0.2) is 48.8 Å². The zero-order valence-electron chi connectivity index (χ0n) is 20.4. The van der Waals surface area contributed by atoms with Gasteiger partial charge in [-0.05, 0) is 74.6 Å². The molecule has 2 aliphatic heterocycles. The molecule has 0 saturated carbocycles. The van der Waals surface area contributed by atoms with Crippen molar-refractivity contribution in [1.82, 2.24) is 4.90 Å². The first-order chi connectivity index (χ1) is 16.4. The fourth-order valence-electron chi connectivity index (χ4n) is 4.32. The molecule has 0 bridgehead atoms. The third kappa shape index (κ3) is 7.20. The quantitative estimate of drug-likeness (QED) is 0.317. The molecular formula is C27H35ClN2O4. The Labute approximate surface area is 207 Å². The summed E-state index contributed by atoms with van der Waals surface area (Å²) in [6.07, 6.45) is 13.1. The van der Waals surface area contributed by atoms with E-state index in [1.807, 2.05) is 43.0 Å². The van der Waals surface area contributed by atoms with E-state index in [1.54, 1.807) is 0 Å². The molecule has 0 aromatic heterocycles. The fraction of sp³-hybridized carbons (Fsp3) is 0.519. The lowest BCUT2D eigenvalue weighted by Crippen LogP contribution is -2.37. The van der Waals surface area contributed by atoms with Gasteiger partial charge in [0.1, 0.15) is 0 Å². The number of piperidine rings is 1. The SMILES string of the molecule is Cc1cc(C)c2c(c1Cl)CC(=N\OCC(=O)N1CCCCC1)/C=C/CC(C)C=CCCOC2=O. The predicted octanol–water partition coefficient (Wildman–Crippen LogP) is 5.58. The number of hydrogen-bond donors (Lipinski definition) is 0. The van der Waals surface area contributed by atoms with E-state index in [0.29, 0.717) is 47.2 Å². The lowest BCUT2D eigenvalue weighted by Gasteiger charge is -2.26. The number of fused-ring (bicyclic) bond motifs is 1. The smallest absolute Gasteiger partial charge is 0.338 e. The molecule has 34 heavy (non-hydrogen) atoms. The standard InChI is InChI=1S/C27H35ClN2O4/c1-19-10-5-8-15-33-27(32)25-20(2)16-21(3)26(28)23(25)17-22(12-9-11-19)29-34-18-24(31)30-13-6-4-7-14-30/h5,9-10,12,16,19H,4,6-8,11,13-15,17-18H2,1-3H3/b10-5?,12-9+,29-22-. The molecule has 2 heterocycles. The molecule has 1 unspecified atom stereocenters. The number of likely N-dealkylation sites (tertiary alicyclic amines) is 1. The van der Waals surface area contributed by atoms with E-state index in [4.69, 9.17) is 21.2 Å². The van der Waals surface area contributed by atoms with Crippen molar-refractivity contribution in [3.63, 3.8) is 0 Å². The van der Waals surface area contributed by atoms with Crippen LogP contribution in [0, 0.1) is 19.8 Å². The third-order valence-electron chi connectivity index (χ3n) is 6.18. The summed E-state index contributed by atoms with van der Waals surface area (Å²) in [4.78, 5) is 32.8. The van der Waals surface area contributed by atoms with Crippen molar-refractivity contribution >= 4 is 29.2 Å². The Morgan fingerprint density at radius 1 is 1.21 bits per heavy atom. The molecule has 1 atom stereocenters. The van der Waals surface area contributed by atoms with Crippen molar-refractivity contribution in [3.8, 4) is 0 Å². The van der Waals surface area contributed by atoms with Gasteiger partial charge in [-0.2, -0.15) is 0 Å². The summed E-state index contributed by atoms with van der Waals surface area (Å²) in [7, 11) is 0. The Kier molecular flexibility index (Phi) is 9.75. The highest BCUT2D eigenvalue weighted by Crippen LogP contribution is 2.29. The molecule has 1 amide bonds. The maximum absolute atomic E-state index is 13.0. The van der Waals surface area contributed by atoms with Crippen molar-refractivity contribution in [1.29, 1.82) is 0 Å². The van der Waals surface area contributed by atoms with E-state index >= 15 is 0 Å². The minimum atomic E-state index is -0.391. The van der Waals surface area contributed by atoms with Gasteiger partial charge in [0.15, 0.2) is 6.61 Å². The number of allylic oxidation sites excluding steroid dienone is 3. The number of nitrogens with zero attached hydrogens (tertiary/aromatic N) is 2. The number of aryl methyl sites for hydroxylation is 2. The molecule has 7 heteroatoms. The average molecular weight is 487 g/mol. The molecule has 0 N–H and O–H groups in total. The number of benzene rings is 1. The molecule has 3 rings (SSSR count). The Morgan fingerprint density at radius 2 is 1.97 bits per heavy atom. The summed E-state index contributed by atoms with van der Waals surface area (Å²) in [6, 6.07) is 1.90. The van der Waals surface area contributed by atoms with Crippen molar-refractivity contribution in [2.75, 3.05) is 26.3 Å². The molecule has 1 saturated heterocycles. The highest BCUT2D eigenvalue weighted by atomic mass is 35.5. The number of carbonyl (C=O) groups is 2. The summed E-state index contributed by atoms with van der Waals surface area (Å²) >= 11 is 6.67. The normalized spacial score (nSPS) is 22.0. The van der Waals surface area contributed by atoms with Gasteiger partial charge in [-0.1, -0.05) is 48.0 Å². The molecule has 1 fully saturated rings. The van der Waals surface area contributed by atoms with Gasteiger partial charge in [-0.3, -0.25) is 4.79 Å². The van der Waals surface area contributed by atoms with E-state index in [-0.39, 0.29) is 12.5 Å². The third-order valence-corrected chi connectivity index (χ3v) is 6.71. The lowest BCUT2D eigenvalue weighted by molar-refractivity contribution is -0.137. The lowest BCUT2D eigenvalue weighted by atomic mass is 9.94. The monoisotopic (exact) mass is 486 g/mol. The number of amides is 1. The van der Waals surface area contributed by atoms with Crippen LogP contribution in [0.1, 0.15) is 66.1 Å². The maximum atomic E-state index is 13.0. The van der Waals surface area contributed by atoms with Crippen LogP contribution in [0.25, 0.3) is 0 Å². The maximum Gasteiger partial charge on any atom is 0.338 e. The molecule has 0 radical (unpaired) electrons. The summed E-state index contributed by atoms with van der Waals surface area (Å²) in [5.41, 5.74) is 3.42. The number of esters is 1. The molecule has 1 aromatic carbocycles. The summed E-state index contributed by atoms with van der Waals surface area (Å²) in [5.74, 6) is -0.114. The molecule has 184 valence electrons. The van der Waals surface area contributed by atoms with Gasteiger partial charge < -0.3 is 14.5 Å². The van der Waals surface area contributed by atoms with E-state index in [0.717, 1.165) is 49.9 Å². The molecule has 6 nitrogen and oxygen atoms in total. The first-order valence-electron chi connectivity index (χ1n) is 12.1. The van der Waals surface area contributed by atoms with E-state index in [2.05, 4.69) is 18.2 Å². The molecule has 1 aromatic rings. The number of halogens is 1. The Morgan fingerprint density at radius 3 is 2.74 bits per heavy atom. The average Bonchev–Trinajstić information content (AvgIpc) is 2.81.